The fraction of sp³-hybridized carbons (Fsp3) is 0.647. The van der Waals surface area contributed by atoms with Crippen LogP contribution in [0.2, 0.25) is 0 Å². The van der Waals surface area contributed by atoms with Gasteiger partial charge in [-0.2, -0.15) is 0 Å². The minimum absolute atomic E-state index is 0.130. The molecule has 0 amide bonds. The van der Waals surface area contributed by atoms with Crippen LogP contribution in [0.5, 0.6) is 0 Å². The van der Waals surface area contributed by atoms with Gasteiger partial charge >= 0.3 is 0 Å². The Labute approximate surface area is 118 Å². The van der Waals surface area contributed by atoms with E-state index in [1.165, 1.54) is 31.4 Å². The number of hydrogen-bond donors (Lipinski definition) is 1. The van der Waals surface area contributed by atoms with Crippen molar-refractivity contribution in [3.63, 3.8) is 0 Å². The lowest BCUT2D eigenvalue weighted by atomic mass is 9.83. The van der Waals surface area contributed by atoms with Crippen LogP contribution in [0.4, 0.5) is 0 Å². The van der Waals surface area contributed by atoms with Crippen LogP contribution in [0.1, 0.15) is 38.2 Å². The highest BCUT2D eigenvalue weighted by Crippen LogP contribution is 2.30. The van der Waals surface area contributed by atoms with E-state index in [1.54, 1.807) is 0 Å². The summed E-state index contributed by atoms with van der Waals surface area (Å²) in [6.07, 6.45) is 6.48. The van der Waals surface area contributed by atoms with Crippen molar-refractivity contribution in [3.8, 4) is 0 Å². The van der Waals surface area contributed by atoms with E-state index in [1.807, 2.05) is 0 Å². The lowest BCUT2D eigenvalue weighted by Gasteiger charge is -2.42. The van der Waals surface area contributed by atoms with E-state index < -0.39 is 0 Å². The van der Waals surface area contributed by atoms with Crippen LogP contribution in [-0.4, -0.2) is 30.6 Å². The van der Waals surface area contributed by atoms with Gasteiger partial charge in [-0.25, -0.2) is 0 Å². The van der Waals surface area contributed by atoms with Crippen molar-refractivity contribution in [3.05, 3.63) is 35.9 Å². The molecule has 2 nitrogen and oxygen atoms in total. The predicted octanol–water partition coefficient (Wildman–Crippen LogP) is 3.07. The molecule has 0 saturated heterocycles. The summed E-state index contributed by atoms with van der Waals surface area (Å²) in [5, 5.41) is 0. The van der Waals surface area contributed by atoms with Crippen LogP contribution in [-0.2, 0) is 6.42 Å². The standard InChI is InChI=1S/C17H28N2/c1-17(14-18,19(2)13-16-9-6-10-16)12-11-15-7-4-3-5-8-15/h3-5,7-8,16H,6,9-14,18H2,1-2H3. The highest BCUT2D eigenvalue weighted by Gasteiger charge is 2.30. The quantitative estimate of drug-likeness (QED) is 0.816. The number of benzene rings is 1. The molecule has 106 valence electrons. The largest absolute Gasteiger partial charge is 0.329 e. The molecule has 19 heavy (non-hydrogen) atoms. The van der Waals surface area contributed by atoms with Crippen molar-refractivity contribution in [2.75, 3.05) is 20.1 Å². The van der Waals surface area contributed by atoms with E-state index in [0.717, 1.165) is 25.3 Å². The summed E-state index contributed by atoms with van der Waals surface area (Å²) in [4.78, 5) is 2.50. The average molecular weight is 260 g/mol. The zero-order valence-corrected chi connectivity index (χ0v) is 12.4. The molecular formula is C17H28N2. The van der Waals surface area contributed by atoms with Crippen molar-refractivity contribution in [1.82, 2.24) is 4.90 Å². The smallest absolute Gasteiger partial charge is 0.0303 e. The monoisotopic (exact) mass is 260 g/mol. The normalized spacial score (nSPS) is 19.2. The van der Waals surface area contributed by atoms with E-state index in [4.69, 9.17) is 5.73 Å². The van der Waals surface area contributed by atoms with Gasteiger partial charge in [0.25, 0.3) is 0 Å². The number of likely N-dealkylation sites (N-methyl/N-ethyl adjacent to an activating group) is 1. The van der Waals surface area contributed by atoms with E-state index in [-0.39, 0.29) is 5.54 Å². The number of aryl methyl sites for hydroxylation is 1. The molecule has 1 aromatic rings. The van der Waals surface area contributed by atoms with Crippen LogP contribution < -0.4 is 5.73 Å². The third-order valence-electron chi connectivity index (χ3n) is 4.91. The summed E-state index contributed by atoms with van der Waals surface area (Å²) in [6.45, 7) is 4.26. The Hall–Kier alpha value is -0.860. The van der Waals surface area contributed by atoms with Crippen molar-refractivity contribution >= 4 is 0 Å². The molecule has 2 heteroatoms. The SMILES string of the molecule is CN(CC1CCC1)C(C)(CN)CCc1ccccc1. The maximum Gasteiger partial charge on any atom is 0.0303 e. The summed E-state index contributed by atoms with van der Waals surface area (Å²) in [6, 6.07) is 10.7. The zero-order chi connectivity index (χ0) is 13.7. The van der Waals surface area contributed by atoms with E-state index in [2.05, 4.69) is 49.2 Å². The molecular weight excluding hydrogens is 232 g/mol. The number of rotatable bonds is 7. The Bertz CT molecular complexity index is 372. The fourth-order valence-corrected chi connectivity index (χ4v) is 2.79. The van der Waals surface area contributed by atoms with E-state index >= 15 is 0 Å². The summed E-state index contributed by atoms with van der Waals surface area (Å²) in [7, 11) is 2.25. The van der Waals surface area contributed by atoms with Gasteiger partial charge in [-0.3, -0.25) is 4.90 Å². The molecule has 1 fully saturated rings. The first-order valence-corrected chi connectivity index (χ1v) is 7.59. The number of hydrogen-bond acceptors (Lipinski definition) is 2. The van der Waals surface area contributed by atoms with E-state index in [0.29, 0.717) is 0 Å². The topological polar surface area (TPSA) is 29.3 Å². The van der Waals surface area contributed by atoms with E-state index in [9.17, 15) is 0 Å². The molecule has 1 aromatic carbocycles. The van der Waals surface area contributed by atoms with Gasteiger partial charge in [-0.1, -0.05) is 36.8 Å². The van der Waals surface area contributed by atoms with Crippen LogP contribution in [0.3, 0.4) is 0 Å². The van der Waals surface area contributed by atoms with Crippen LogP contribution in [0, 0.1) is 5.92 Å². The zero-order valence-electron chi connectivity index (χ0n) is 12.4. The van der Waals surface area contributed by atoms with Crippen LogP contribution in [0.15, 0.2) is 30.3 Å². The second-order valence-electron chi connectivity index (χ2n) is 6.36. The Morgan fingerprint density at radius 1 is 1.26 bits per heavy atom. The molecule has 0 radical (unpaired) electrons. The van der Waals surface area contributed by atoms with Gasteiger partial charge in [-0.05, 0) is 51.1 Å². The minimum atomic E-state index is 0.130. The summed E-state index contributed by atoms with van der Waals surface area (Å²) in [5.41, 5.74) is 7.61. The maximum atomic E-state index is 6.07. The number of nitrogens with two attached hydrogens (primary N) is 1. The third-order valence-corrected chi connectivity index (χ3v) is 4.91. The molecule has 2 N–H and O–H groups in total. The van der Waals surface area contributed by atoms with Crippen LogP contribution in [0.25, 0.3) is 0 Å². The highest BCUT2D eigenvalue weighted by molar-refractivity contribution is 5.15. The second kappa shape index (κ2) is 6.53. The number of nitrogens with zero attached hydrogens (tertiary/aromatic N) is 1. The van der Waals surface area contributed by atoms with Gasteiger partial charge in [-0.15, -0.1) is 0 Å². The molecule has 1 atom stereocenters. The average Bonchev–Trinajstić information content (AvgIpc) is 2.41. The predicted molar refractivity (Wildman–Crippen MR) is 82.2 cm³/mol. The fourth-order valence-electron chi connectivity index (χ4n) is 2.79. The first-order chi connectivity index (χ1) is 9.14. The summed E-state index contributed by atoms with van der Waals surface area (Å²) >= 11 is 0. The Morgan fingerprint density at radius 2 is 1.95 bits per heavy atom. The third kappa shape index (κ3) is 3.80. The van der Waals surface area contributed by atoms with Crippen molar-refractivity contribution in [1.29, 1.82) is 0 Å². The van der Waals surface area contributed by atoms with Crippen molar-refractivity contribution in [2.45, 2.75) is 44.6 Å². The van der Waals surface area contributed by atoms with Crippen molar-refractivity contribution in [2.24, 2.45) is 11.7 Å². The molecule has 2 rings (SSSR count). The molecule has 0 aromatic heterocycles. The lowest BCUT2D eigenvalue weighted by Crippen LogP contribution is -2.52. The molecule has 0 heterocycles. The molecule has 1 saturated carbocycles. The van der Waals surface area contributed by atoms with Gasteiger partial charge in [0, 0.05) is 18.6 Å². The molecule has 0 aliphatic heterocycles. The van der Waals surface area contributed by atoms with Gasteiger partial charge in [0.1, 0.15) is 0 Å². The van der Waals surface area contributed by atoms with Crippen molar-refractivity contribution < 1.29 is 0 Å². The van der Waals surface area contributed by atoms with Gasteiger partial charge in [0.05, 0.1) is 0 Å². The maximum absolute atomic E-state index is 6.07. The summed E-state index contributed by atoms with van der Waals surface area (Å²) in [5.74, 6) is 0.910. The highest BCUT2D eigenvalue weighted by atomic mass is 15.2. The molecule has 1 aliphatic carbocycles. The Morgan fingerprint density at radius 3 is 2.47 bits per heavy atom. The van der Waals surface area contributed by atoms with Crippen LogP contribution >= 0.6 is 0 Å². The first-order valence-electron chi connectivity index (χ1n) is 7.59. The first kappa shape index (κ1) is 14.5. The lowest BCUT2D eigenvalue weighted by molar-refractivity contribution is 0.0914. The van der Waals surface area contributed by atoms with Gasteiger partial charge in [0.2, 0.25) is 0 Å². The molecule has 0 spiro atoms. The van der Waals surface area contributed by atoms with Gasteiger partial charge < -0.3 is 5.73 Å². The molecule has 0 bridgehead atoms. The Kier molecular flexibility index (Phi) is 5.00. The molecule has 1 unspecified atom stereocenters. The summed E-state index contributed by atoms with van der Waals surface area (Å²) < 4.78 is 0. The molecule has 1 aliphatic rings. The Balaban J connectivity index is 1.88. The van der Waals surface area contributed by atoms with Gasteiger partial charge in [0.15, 0.2) is 0 Å². The minimum Gasteiger partial charge on any atom is -0.329 e. The second-order valence-corrected chi connectivity index (χ2v) is 6.36.